The highest BCUT2D eigenvalue weighted by atomic mass is 32.1. The minimum atomic E-state index is -0.982. The van der Waals surface area contributed by atoms with Crippen molar-refractivity contribution >= 4 is 29.3 Å². The first-order valence-corrected chi connectivity index (χ1v) is 7.17. The van der Waals surface area contributed by atoms with Gasteiger partial charge in [0.1, 0.15) is 0 Å². The number of carbonyl (C=O) groups excluding carboxylic acids is 1. The molecule has 0 aliphatic heterocycles. The molecule has 1 aromatic rings. The van der Waals surface area contributed by atoms with Crippen LogP contribution in [0.2, 0.25) is 0 Å². The van der Waals surface area contributed by atoms with Gasteiger partial charge >= 0.3 is 5.97 Å². The number of amides is 1. The van der Waals surface area contributed by atoms with E-state index in [-0.39, 0.29) is 5.91 Å². The number of hydrogen-bond acceptors (Lipinski definition) is 3. The average molecular weight is 279 g/mol. The average Bonchev–Trinajstić information content (AvgIpc) is 3.05. The van der Waals surface area contributed by atoms with Crippen LogP contribution in [0.1, 0.15) is 40.2 Å². The number of carbonyl (C=O) groups is 2. The molecule has 1 heterocycles. The quantitative estimate of drug-likeness (QED) is 0.862. The van der Waals surface area contributed by atoms with Crippen LogP contribution in [0.25, 0.3) is 6.08 Å². The Hall–Kier alpha value is -1.62. The molecule has 0 aromatic carbocycles. The molecule has 1 aliphatic carbocycles. The Kier molecular flexibility index (Phi) is 4.37. The van der Waals surface area contributed by atoms with E-state index in [1.807, 2.05) is 11.9 Å². The van der Waals surface area contributed by atoms with Crippen molar-refractivity contribution in [2.75, 3.05) is 7.05 Å². The summed E-state index contributed by atoms with van der Waals surface area (Å²) in [5.41, 5.74) is 0. The first-order valence-electron chi connectivity index (χ1n) is 6.36. The van der Waals surface area contributed by atoms with Gasteiger partial charge in [-0.15, -0.1) is 11.3 Å². The molecule has 1 aliphatic rings. The second-order valence-corrected chi connectivity index (χ2v) is 5.84. The topological polar surface area (TPSA) is 57.6 Å². The van der Waals surface area contributed by atoms with Gasteiger partial charge in [0.25, 0.3) is 5.91 Å². The summed E-state index contributed by atoms with van der Waals surface area (Å²) in [4.78, 5) is 26.0. The molecule has 0 atom stereocenters. The number of aliphatic carboxylic acids is 1. The van der Waals surface area contributed by atoms with E-state index in [9.17, 15) is 9.59 Å². The maximum absolute atomic E-state index is 12.3. The Morgan fingerprint density at radius 3 is 2.68 bits per heavy atom. The van der Waals surface area contributed by atoms with Crippen LogP contribution in [0.3, 0.4) is 0 Å². The zero-order valence-corrected chi connectivity index (χ0v) is 11.7. The third-order valence-corrected chi connectivity index (χ3v) is 4.46. The van der Waals surface area contributed by atoms with Gasteiger partial charge in [-0.3, -0.25) is 4.79 Å². The second-order valence-electron chi connectivity index (χ2n) is 4.73. The molecular weight excluding hydrogens is 262 g/mol. The van der Waals surface area contributed by atoms with Gasteiger partial charge in [0.15, 0.2) is 0 Å². The number of thiophene rings is 1. The Balaban J connectivity index is 2.05. The van der Waals surface area contributed by atoms with Crippen LogP contribution in [0.15, 0.2) is 18.2 Å². The Bertz CT molecular complexity index is 501. The van der Waals surface area contributed by atoms with E-state index in [0.717, 1.165) is 23.8 Å². The van der Waals surface area contributed by atoms with Crippen molar-refractivity contribution in [2.24, 2.45) is 0 Å². The van der Waals surface area contributed by atoms with Crippen molar-refractivity contribution in [3.8, 4) is 0 Å². The van der Waals surface area contributed by atoms with Crippen LogP contribution < -0.4 is 0 Å². The summed E-state index contributed by atoms with van der Waals surface area (Å²) in [6.07, 6.45) is 7.15. The van der Waals surface area contributed by atoms with Gasteiger partial charge in [-0.05, 0) is 31.1 Å². The van der Waals surface area contributed by atoms with Crippen molar-refractivity contribution in [2.45, 2.75) is 31.7 Å². The van der Waals surface area contributed by atoms with Crippen molar-refractivity contribution in [1.82, 2.24) is 4.90 Å². The Morgan fingerprint density at radius 2 is 2.05 bits per heavy atom. The largest absolute Gasteiger partial charge is 0.478 e. The standard InChI is InChI=1S/C14H17NO3S/c1-15(10-4-2-3-5-10)14(18)12-8-6-11(19-12)7-9-13(16)17/h6-10H,2-5H2,1H3,(H,16,17)/b9-7+. The van der Waals surface area contributed by atoms with Crippen LogP contribution >= 0.6 is 11.3 Å². The van der Waals surface area contributed by atoms with E-state index in [1.54, 1.807) is 12.1 Å². The van der Waals surface area contributed by atoms with Crippen LogP contribution in [0.5, 0.6) is 0 Å². The fraction of sp³-hybridized carbons (Fsp3) is 0.429. The van der Waals surface area contributed by atoms with E-state index < -0.39 is 5.97 Å². The lowest BCUT2D eigenvalue weighted by Gasteiger charge is -2.23. The van der Waals surface area contributed by atoms with E-state index in [2.05, 4.69) is 0 Å². The van der Waals surface area contributed by atoms with Crippen LogP contribution in [-0.4, -0.2) is 35.0 Å². The molecule has 1 saturated carbocycles. The summed E-state index contributed by atoms with van der Waals surface area (Å²) >= 11 is 1.33. The van der Waals surface area contributed by atoms with Gasteiger partial charge in [-0.25, -0.2) is 4.79 Å². The van der Waals surface area contributed by atoms with Gasteiger partial charge in [0, 0.05) is 24.0 Å². The summed E-state index contributed by atoms with van der Waals surface area (Å²) in [6.45, 7) is 0. The first-order chi connectivity index (χ1) is 9.08. The molecular formula is C14H17NO3S. The number of nitrogens with zero attached hydrogens (tertiary/aromatic N) is 1. The summed E-state index contributed by atoms with van der Waals surface area (Å²) in [6, 6.07) is 3.90. The Morgan fingerprint density at radius 1 is 1.37 bits per heavy atom. The molecule has 5 heteroatoms. The predicted molar refractivity (Wildman–Crippen MR) is 75.3 cm³/mol. The van der Waals surface area contributed by atoms with Crippen LogP contribution in [0, 0.1) is 0 Å². The molecule has 102 valence electrons. The zero-order valence-electron chi connectivity index (χ0n) is 10.8. The number of rotatable bonds is 4. The molecule has 1 N–H and O–H groups in total. The molecule has 0 unspecified atom stereocenters. The zero-order chi connectivity index (χ0) is 13.8. The minimum absolute atomic E-state index is 0.0341. The van der Waals surface area contributed by atoms with Gasteiger partial charge in [-0.2, -0.15) is 0 Å². The minimum Gasteiger partial charge on any atom is -0.478 e. The van der Waals surface area contributed by atoms with E-state index in [4.69, 9.17) is 5.11 Å². The summed E-state index contributed by atoms with van der Waals surface area (Å²) < 4.78 is 0. The lowest BCUT2D eigenvalue weighted by atomic mass is 10.2. The lowest BCUT2D eigenvalue weighted by Crippen LogP contribution is -2.34. The number of carboxylic acid groups (broad SMARTS) is 1. The molecule has 2 rings (SSSR count). The SMILES string of the molecule is CN(C(=O)c1ccc(/C=C/C(=O)O)s1)C1CCCC1. The van der Waals surface area contributed by atoms with Crippen molar-refractivity contribution in [1.29, 1.82) is 0 Å². The third kappa shape index (κ3) is 3.44. The Labute approximate surface area is 116 Å². The molecule has 0 radical (unpaired) electrons. The summed E-state index contributed by atoms with van der Waals surface area (Å²) in [5, 5.41) is 8.57. The lowest BCUT2D eigenvalue weighted by molar-refractivity contribution is -0.131. The third-order valence-electron chi connectivity index (χ3n) is 3.42. The molecule has 1 fully saturated rings. The maximum atomic E-state index is 12.3. The van der Waals surface area contributed by atoms with E-state index >= 15 is 0 Å². The van der Waals surface area contributed by atoms with Crippen LogP contribution in [-0.2, 0) is 4.79 Å². The van der Waals surface area contributed by atoms with Crippen LogP contribution in [0.4, 0.5) is 0 Å². The van der Waals surface area contributed by atoms with Crippen molar-refractivity contribution in [3.05, 3.63) is 28.0 Å². The van der Waals surface area contributed by atoms with E-state index in [0.29, 0.717) is 10.9 Å². The predicted octanol–water partition coefficient (Wildman–Crippen LogP) is 2.86. The summed E-state index contributed by atoms with van der Waals surface area (Å²) in [7, 11) is 1.85. The second kappa shape index (κ2) is 6.02. The maximum Gasteiger partial charge on any atom is 0.328 e. The van der Waals surface area contributed by atoms with Gasteiger partial charge < -0.3 is 10.0 Å². The van der Waals surface area contributed by atoms with Gasteiger partial charge in [-0.1, -0.05) is 12.8 Å². The van der Waals surface area contributed by atoms with E-state index in [1.165, 1.54) is 30.3 Å². The van der Waals surface area contributed by atoms with Gasteiger partial charge in [0.2, 0.25) is 0 Å². The monoisotopic (exact) mass is 279 g/mol. The fourth-order valence-corrected chi connectivity index (χ4v) is 3.24. The normalized spacial score (nSPS) is 16.1. The highest BCUT2D eigenvalue weighted by Crippen LogP contribution is 2.26. The molecule has 0 bridgehead atoms. The molecule has 4 nitrogen and oxygen atoms in total. The van der Waals surface area contributed by atoms with Crippen molar-refractivity contribution < 1.29 is 14.7 Å². The van der Waals surface area contributed by atoms with Gasteiger partial charge in [0.05, 0.1) is 4.88 Å². The van der Waals surface area contributed by atoms with Crippen molar-refractivity contribution in [3.63, 3.8) is 0 Å². The molecule has 1 amide bonds. The molecule has 0 spiro atoms. The molecule has 19 heavy (non-hydrogen) atoms. The molecule has 1 aromatic heterocycles. The smallest absolute Gasteiger partial charge is 0.328 e. The fourth-order valence-electron chi connectivity index (χ4n) is 2.34. The highest BCUT2D eigenvalue weighted by molar-refractivity contribution is 7.14. The number of hydrogen-bond donors (Lipinski definition) is 1. The number of carboxylic acids is 1. The molecule has 0 saturated heterocycles. The summed E-state index contributed by atoms with van der Waals surface area (Å²) in [5.74, 6) is -0.948. The first kappa shape index (κ1) is 13.8. The highest BCUT2D eigenvalue weighted by Gasteiger charge is 2.24.